The zero-order valence-corrected chi connectivity index (χ0v) is 12.4. The van der Waals surface area contributed by atoms with E-state index in [-0.39, 0.29) is 11.4 Å². The number of hydrogen-bond donors (Lipinski definition) is 0. The van der Waals surface area contributed by atoms with Crippen LogP contribution in [0.3, 0.4) is 0 Å². The molecule has 0 aliphatic carbocycles. The lowest BCUT2D eigenvalue weighted by molar-refractivity contribution is -0.154. The molecule has 0 bridgehead atoms. The molecule has 1 aromatic heterocycles. The average Bonchev–Trinajstić information content (AvgIpc) is 2.53. The van der Waals surface area contributed by atoms with Gasteiger partial charge in [-0.3, -0.25) is 4.79 Å². The molecule has 1 amide bonds. The topological polar surface area (TPSA) is 42.4 Å². The summed E-state index contributed by atoms with van der Waals surface area (Å²) in [6.07, 6.45) is -3.21. The maximum Gasteiger partial charge on any atom is 0.422 e. The van der Waals surface area contributed by atoms with Crippen molar-refractivity contribution >= 4 is 5.91 Å². The second kappa shape index (κ2) is 7.13. The molecule has 2 aromatic rings. The van der Waals surface area contributed by atoms with Crippen molar-refractivity contribution in [2.45, 2.75) is 12.7 Å². The second-order valence-electron chi connectivity index (χ2n) is 4.91. The van der Waals surface area contributed by atoms with Gasteiger partial charge < -0.3 is 9.64 Å². The fraction of sp³-hybridized carbons (Fsp3) is 0.250. The first-order valence-corrected chi connectivity index (χ1v) is 6.81. The fourth-order valence-corrected chi connectivity index (χ4v) is 1.95. The number of halogens is 3. The van der Waals surface area contributed by atoms with Gasteiger partial charge in [0.1, 0.15) is 5.56 Å². The van der Waals surface area contributed by atoms with Gasteiger partial charge in [-0.15, -0.1) is 0 Å². The molecule has 0 fully saturated rings. The number of aromatic nitrogens is 1. The standard InChI is InChI=1S/C16H15F3N2O2/c1-21(10-12-6-3-2-4-7-12)15(22)13-8-5-9-20-14(13)23-11-16(17,18)19/h2-9H,10-11H2,1H3. The Morgan fingerprint density at radius 1 is 1.17 bits per heavy atom. The van der Waals surface area contributed by atoms with Gasteiger partial charge in [0.05, 0.1) is 0 Å². The Morgan fingerprint density at radius 2 is 1.87 bits per heavy atom. The van der Waals surface area contributed by atoms with E-state index < -0.39 is 18.7 Å². The van der Waals surface area contributed by atoms with Crippen LogP contribution in [-0.4, -0.2) is 35.6 Å². The van der Waals surface area contributed by atoms with E-state index in [9.17, 15) is 18.0 Å². The van der Waals surface area contributed by atoms with Crippen molar-refractivity contribution in [3.8, 4) is 5.88 Å². The minimum atomic E-state index is -4.49. The molecule has 0 aliphatic rings. The van der Waals surface area contributed by atoms with Crippen LogP contribution in [0.15, 0.2) is 48.7 Å². The number of ether oxygens (including phenoxy) is 1. The number of benzene rings is 1. The van der Waals surface area contributed by atoms with Gasteiger partial charge in [0.15, 0.2) is 6.61 Å². The number of alkyl halides is 3. The summed E-state index contributed by atoms with van der Waals surface area (Å²) in [6, 6.07) is 12.1. The first-order chi connectivity index (χ1) is 10.9. The van der Waals surface area contributed by atoms with Crippen LogP contribution in [0.4, 0.5) is 13.2 Å². The molecular weight excluding hydrogens is 309 g/mol. The summed E-state index contributed by atoms with van der Waals surface area (Å²) in [4.78, 5) is 17.5. The van der Waals surface area contributed by atoms with Crippen molar-refractivity contribution in [2.24, 2.45) is 0 Å². The van der Waals surface area contributed by atoms with Crippen LogP contribution in [0.25, 0.3) is 0 Å². The maximum absolute atomic E-state index is 12.4. The van der Waals surface area contributed by atoms with E-state index in [0.29, 0.717) is 6.54 Å². The normalized spacial score (nSPS) is 11.1. The molecule has 0 N–H and O–H groups in total. The highest BCUT2D eigenvalue weighted by molar-refractivity contribution is 5.96. The SMILES string of the molecule is CN(Cc1ccccc1)C(=O)c1cccnc1OCC(F)(F)F. The monoisotopic (exact) mass is 324 g/mol. The van der Waals surface area contributed by atoms with Crippen molar-refractivity contribution in [3.05, 3.63) is 59.8 Å². The average molecular weight is 324 g/mol. The number of pyridine rings is 1. The molecule has 0 radical (unpaired) electrons. The Kier molecular flexibility index (Phi) is 5.20. The highest BCUT2D eigenvalue weighted by Gasteiger charge is 2.30. The summed E-state index contributed by atoms with van der Waals surface area (Å²) in [5.74, 6) is -0.783. The Morgan fingerprint density at radius 3 is 2.52 bits per heavy atom. The van der Waals surface area contributed by atoms with Crippen molar-refractivity contribution in [2.75, 3.05) is 13.7 Å². The van der Waals surface area contributed by atoms with Crippen molar-refractivity contribution in [1.82, 2.24) is 9.88 Å². The molecule has 0 spiro atoms. The predicted molar refractivity (Wildman–Crippen MR) is 78.0 cm³/mol. The van der Waals surface area contributed by atoms with Gasteiger partial charge in [-0.1, -0.05) is 30.3 Å². The smallest absolute Gasteiger partial charge is 0.422 e. The lowest BCUT2D eigenvalue weighted by atomic mass is 10.2. The van der Waals surface area contributed by atoms with Gasteiger partial charge in [0.2, 0.25) is 5.88 Å². The number of hydrogen-bond acceptors (Lipinski definition) is 3. The van der Waals surface area contributed by atoms with Crippen molar-refractivity contribution < 1.29 is 22.7 Å². The number of rotatable bonds is 5. The molecule has 0 saturated heterocycles. The number of nitrogens with zero attached hydrogens (tertiary/aromatic N) is 2. The minimum absolute atomic E-state index is 0.00446. The highest BCUT2D eigenvalue weighted by Crippen LogP contribution is 2.21. The molecule has 0 aliphatic heterocycles. The second-order valence-corrected chi connectivity index (χ2v) is 4.91. The van der Waals surface area contributed by atoms with Gasteiger partial charge >= 0.3 is 6.18 Å². The summed E-state index contributed by atoms with van der Waals surface area (Å²) in [5, 5.41) is 0. The number of amides is 1. The Labute approximate surface area is 131 Å². The van der Waals surface area contributed by atoms with Crippen LogP contribution in [-0.2, 0) is 6.54 Å². The molecule has 7 heteroatoms. The third-order valence-electron chi connectivity index (χ3n) is 2.98. The van der Waals surface area contributed by atoms with Crippen LogP contribution in [0.2, 0.25) is 0 Å². The maximum atomic E-state index is 12.4. The van der Waals surface area contributed by atoms with Gasteiger partial charge in [0, 0.05) is 19.8 Å². The molecule has 23 heavy (non-hydrogen) atoms. The van der Waals surface area contributed by atoms with Crippen LogP contribution >= 0.6 is 0 Å². The van der Waals surface area contributed by atoms with E-state index in [0.717, 1.165) is 5.56 Å². The van der Waals surface area contributed by atoms with E-state index in [2.05, 4.69) is 9.72 Å². The molecule has 0 atom stereocenters. The lowest BCUT2D eigenvalue weighted by Gasteiger charge is -2.19. The molecule has 1 aromatic carbocycles. The van der Waals surface area contributed by atoms with E-state index >= 15 is 0 Å². The lowest BCUT2D eigenvalue weighted by Crippen LogP contribution is -2.28. The number of carbonyl (C=O) groups is 1. The van der Waals surface area contributed by atoms with Crippen LogP contribution in [0.1, 0.15) is 15.9 Å². The van der Waals surface area contributed by atoms with Gasteiger partial charge in [0.25, 0.3) is 5.91 Å². The van der Waals surface area contributed by atoms with Crippen LogP contribution in [0, 0.1) is 0 Å². The van der Waals surface area contributed by atoms with Gasteiger partial charge in [-0.2, -0.15) is 13.2 Å². The first kappa shape index (κ1) is 16.8. The van der Waals surface area contributed by atoms with E-state index in [1.165, 1.54) is 23.2 Å². The van der Waals surface area contributed by atoms with Gasteiger partial charge in [-0.25, -0.2) is 4.98 Å². The zero-order valence-electron chi connectivity index (χ0n) is 12.4. The molecule has 4 nitrogen and oxygen atoms in total. The molecule has 0 unspecified atom stereocenters. The third kappa shape index (κ3) is 4.98. The quantitative estimate of drug-likeness (QED) is 0.847. The van der Waals surface area contributed by atoms with E-state index in [1.807, 2.05) is 30.3 Å². The summed E-state index contributed by atoms with van der Waals surface area (Å²) in [5.41, 5.74) is 0.903. The van der Waals surface area contributed by atoms with Crippen molar-refractivity contribution in [3.63, 3.8) is 0 Å². The number of carbonyl (C=O) groups excluding carboxylic acids is 1. The summed E-state index contributed by atoms with van der Waals surface area (Å²) < 4.78 is 41.5. The molecule has 0 saturated carbocycles. The minimum Gasteiger partial charge on any atom is -0.467 e. The van der Waals surface area contributed by atoms with Gasteiger partial charge in [-0.05, 0) is 17.7 Å². The third-order valence-corrected chi connectivity index (χ3v) is 2.98. The Bertz CT molecular complexity index is 660. The van der Waals surface area contributed by atoms with Crippen molar-refractivity contribution in [1.29, 1.82) is 0 Å². The molecule has 1 heterocycles. The summed E-state index contributed by atoms with van der Waals surface area (Å²) >= 11 is 0. The molecular formula is C16H15F3N2O2. The Hall–Kier alpha value is -2.57. The fourth-order valence-electron chi connectivity index (χ4n) is 1.95. The first-order valence-electron chi connectivity index (χ1n) is 6.81. The Balaban J connectivity index is 2.12. The largest absolute Gasteiger partial charge is 0.467 e. The zero-order chi connectivity index (χ0) is 16.9. The molecule has 2 rings (SSSR count). The van der Waals surface area contributed by atoms with Crippen LogP contribution < -0.4 is 4.74 Å². The van der Waals surface area contributed by atoms with E-state index in [1.54, 1.807) is 7.05 Å². The summed E-state index contributed by atoms with van der Waals surface area (Å²) in [7, 11) is 1.57. The van der Waals surface area contributed by atoms with Crippen LogP contribution in [0.5, 0.6) is 5.88 Å². The highest BCUT2D eigenvalue weighted by atomic mass is 19.4. The van der Waals surface area contributed by atoms with E-state index in [4.69, 9.17) is 0 Å². The summed E-state index contributed by atoms with van der Waals surface area (Å²) in [6.45, 7) is -1.17. The predicted octanol–water partition coefficient (Wildman–Crippen LogP) is 3.29. The molecule has 122 valence electrons.